The second-order valence-corrected chi connectivity index (χ2v) is 4.01. The lowest BCUT2D eigenvalue weighted by atomic mass is 10.0. The number of hydrogen-bond donors (Lipinski definition) is 1. The first-order chi connectivity index (χ1) is 7.40. The second kappa shape index (κ2) is 3.35. The molecule has 2 N–H and O–H groups in total. The molecule has 0 aromatic carbocycles. The van der Waals surface area contributed by atoms with Crippen LogP contribution in [0.4, 0.5) is 0 Å². The van der Waals surface area contributed by atoms with Crippen LogP contribution in [0.2, 0.25) is 0 Å². The van der Waals surface area contributed by atoms with Gasteiger partial charge in [-0.25, -0.2) is 4.98 Å². The highest BCUT2D eigenvalue weighted by Crippen LogP contribution is 2.39. The predicted molar refractivity (Wildman–Crippen MR) is 58.8 cm³/mol. The van der Waals surface area contributed by atoms with Crippen molar-refractivity contribution in [2.45, 2.75) is 19.3 Å². The van der Waals surface area contributed by atoms with E-state index in [-0.39, 0.29) is 0 Å². The Morgan fingerprint density at radius 3 is 3.20 bits per heavy atom. The molecule has 0 fully saturated rings. The number of allylic oxidation sites excluding steroid dienone is 1. The van der Waals surface area contributed by atoms with E-state index in [2.05, 4.69) is 11.1 Å². The fourth-order valence-corrected chi connectivity index (χ4v) is 2.52. The minimum absolute atomic E-state index is 0.618. The molecule has 1 aromatic rings. The number of nitrogens with zero attached hydrogens (tertiary/aromatic N) is 1. The van der Waals surface area contributed by atoms with Gasteiger partial charge in [-0.15, -0.1) is 0 Å². The number of hydrogen-bond acceptors (Lipinski definition) is 3. The summed E-state index contributed by atoms with van der Waals surface area (Å²) in [6.07, 6.45) is 7.28. The monoisotopic (exact) mass is 202 g/mol. The summed E-state index contributed by atoms with van der Waals surface area (Å²) >= 11 is 0. The van der Waals surface area contributed by atoms with E-state index >= 15 is 0 Å². The Morgan fingerprint density at radius 1 is 1.40 bits per heavy atom. The lowest BCUT2D eigenvalue weighted by Crippen LogP contribution is -1.96. The number of rotatable bonds is 1. The SMILES string of the molecule is NC/C=C1\CCc2cnc3c(c21)CCO3. The van der Waals surface area contributed by atoms with Gasteiger partial charge in [0, 0.05) is 24.7 Å². The summed E-state index contributed by atoms with van der Waals surface area (Å²) in [6.45, 7) is 1.39. The van der Waals surface area contributed by atoms with Gasteiger partial charge in [0.1, 0.15) is 0 Å². The number of aromatic nitrogens is 1. The summed E-state index contributed by atoms with van der Waals surface area (Å²) < 4.78 is 5.48. The van der Waals surface area contributed by atoms with Crippen molar-refractivity contribution < 1.29 is 4.74 Å². The summed E-state index contributed by atoms with van der Waals surface area (Å²) in [7, 11) is 0. The van der Waals surface area contributed by atoms with Gasteiger partial charge in [-0.1, -0.05) is 6.08 Å². The summed E-state index contributed by atoms with van der Waals surface area (Å²) in [6, 6.07) is 0. The van der Waals surface area contributed by atoms with Crippen molar-refractivity contribution >= 4 is 5.57 Å². The first kappa shape index (κ1) is 8.92. The first-order valence-corrected chi connectivity index (χ1v) is 5.43. The Balaban J connectivity index is 2.18. The average molecular weight is 202 g/mol. The van der Waals surface area contributed by atoms with Gasteiger partial charge in [-0.3, -0.25) is 0 Å². The fourth-order valence-electron chi connectivity index (χ4n) is 2.52. The summed E-state index contributed by atoms with van der Waals surface area (Å²) in [4.78, 5) is 4.34. The number of fused-ring (bicyclic) bond motifs is 3. The van der Waals surface area contributed by atoms with E-state index in [1.165, 1.54) is 22.3 Å². The van der Waals surface area contributed by atoms with E-state index in [1.54, 1.807) is 0 Å². The smallest absolute Gasteiger partial charge is 0.217 e. The van der Waals surface area contributed by atoms with Gasteiger partial charge in [0.15, 0.2) is 0 Å². The van der Waals surface area contributed by atoms with Crippen LogP contribution in [0.1, 0.15) is 23.1 Å². The van der Waals surface area contributed by atoms with Crippen LogP contribution in [0.5, 0.6) is 5.88 Å². The maximum Gasteiger partial charge on any atom is 0.217 e. The van der Waals surface area contributed by atoms with Crippen LogP contribution < -0.4 is 10.5 Å². The van der Waals surface area contributed by atoms with Crippen molar-refractivity contribution in [2.24, 2.45) is 5.73 Å². The predicted octanol–water partition coefficient (Wildman–Crippen LogP) is 1.30. The van der Waals surface area contributed by atoms with Crippen molar-refractivity contribution in [1.82, 2.24) is 4.98 Å². The molecule has 0 amide bonds. The van der Waals surface area contributed by atoms with Crippen molar-refractivity contribution in [3.8, 4) is 5.88 Å². The van der Waals surface area contributed by atoms with Crippen LogP contribution in [0.3, 0.4) is 0 Å². The van der Waals surface area contributed by atoms with Gasteiger partial charge in [-0.2, -0.15) is 0 Å². The lowest BCUT2D eigenvalue weighted by Gasteiger charge is -2.06. The molecule has 0 radical (unpaired) electrons. The maximum absolute atomic E-state index is 5.59. The van der Waals surface area contributed by atoms with Gasteiger partial charge in [-0.05, 0) is 29.5 Å². The quantitative estimate of drug-likeness (QED) is 0.746. The van der Waals surface area contributed by atoms with Crippen LogP contribution in [0.15, 0.2) is 12.3 Å². The van der Waals surface area contributed by atoms with Gasteiger partial charge >= 0.3 is 0 Å². The average Bonchev–Trinajstić information content (AvgIpc) is 2.83. The standard InChI is InChI=1S/C12H14N2O/c13-5-3-8-1-2-9-7-14-12-10(11(8)9)4-6-15-12/h3,7H,1-2,4-6,13H2/b8-3+. The maximum atomic E-state index is 5.59. The third kappa shape index (κ3) is 1.27. The molecule has 1 aromatic heterocycles. The van der Waals surface area contributed by atoms with Crippen LogP contribution in [-0.2, 0) is 12.8 Å². The minimum Gasteiger partial charge on any atom is -0.477 e. The molecule has 1 aliphatic heterocycles. The fraction of sp³-hybridized carbons (Fsp3) is 0.417. The highest BCUT2D eigenvalue weighted by Gasteiger charge is 2.26. The van der Waals surface area contributed by atoms with Gasteiger partial charge in [0.05, 0.1) is 6.61 Å². The van der Waals surface area contributed by atoms with Crippen molar-refractivity contribution in [2.75, 3.05) is 13.2 Å². The van der Waals surface area contributed by atoms with Crippen LogP contribution in [0.25, 0.3) is 5.57 Å². The first-order valence-electron chi connectivity index (χ1n) is 5.43. The Hall–Kier alpha value is -1.35. The van der Waals surface area contributed by atoms with Gasteiger partial charge in [0.25, 0.3) is 0 Å². The van der Waals surface area contributed by atoms with E-state index in [9.17, 15) is 0 Å². The number of pyridine rings is 1. The molecule has 2 aliphatic rings. The van der Waals surface area contributed by atoms with Crippen LogP contribution >= 0.6 is 0 Å². The third-order valence-electron chi connectivity index (χ3n) is 3.16. The second-order valence-electron chi connectivity index (χ2n) is 4.01. The molecule has 0 unspecified atom stereocenters. The molecule has 1 aliphatic carbocycles. The minimum atomic E-state index is 0.618. The highest BCUT2D eigenvalue weighted by atomic mass is 16.5. The molecular formula is C12H14N2O. The molecule has 3 rings (SSSR count). The third-order valence-corrected chi connectivity index (χ3v) is 3.16. The van der Waals surface area contributed by atoms with E-state index in [1.807, 2.05) is 6.20 Å². The summed E-state index contributed by atoms with van der Waals surface area (Å²) in [5, 5.41) is 0. The van der Waals surface area contributed by atoms with E-state index in [0.29, 0.717) is 6.54 Å². The topological polar surface area (TPSA) is 48.1 Å². The Morgan fingerprint density at radius 2 is 2.33 bits per heavy atom. The molecule has 2 heterocycles. The zero-order chi connectivity index (χ0) is 10.3. The van der Waals surface area contributed by atoms with Crippen molar-refractivity contribution in [1.29, 1.82) is 0 Å². The molecule has 0 saturated carbocycles. The lowest BCUT2D eigenvalue weighted by molar-refractivity contribution is 0.344. The van der Waals surface area contributed by atoms with Crippen molar-refractivity contribution in [3.63, 3.8) is 0 Å². The summed E-state index contributed by atoms with van der Waals surface area (Å²) in [5.41, 5.74) is 11.0. The zero-order valence-electron chi connectivity index (χ0n) is 8.62. The van der Waals surface area contributed by atoms with E-state index in [0.717, 1.165) is 31.7 Å². The van der Waals surface area contributed by atoms with E-state index < -0.39 is 0 Å². The van der Waals surface area contributed by atoms with Gasteiger partial charge < -0.3 is 10.5 Å². The van der Waals surface area contributed by atoms with Crippen LogP contribution in [0, 0.1) is 0 Å². The molecule has 3 heteroatoms. The Kier molecular flexibility index (Phi) is 1.99. The van der Waals surface area contributed by atoms with Crippen LogP contribution in [-0.4, -0.2) is 18.1 Å². The number of nitrogens with two attached hydrogens (primary N) is 1. The normalized spacial score (nSPS) is 20.2. The molecule has 15 heavy (non-hydrogen) atoms. The van der Waals surface area contributed by atoms with Crippen molar-refractivity contribution in [3.05, 3.63) is 29.0 Å². The zero-order valence-corrected chi connectivity index (χ0v) is 8.62. The summed E-state index contributed by atoms with van der Waals surface area (Å²) in [5.74, 6) is 0.832. The molecule has 3 nitrogen and oxygen atoms in total. The number of ether oxygens (including phenoxy) is 1. The Labute approximate surface area is 89.0 Å². The van der Waals surface area contributed by atoms with E-state index in [4.69, 9.17) is 10.5 Å². The molecular weight excluding hydrogens is 188 g/mol. The Bertz CT molecular complexity index is 437. The highest BCUT2D eigenvalue weighted by molar-refractivity contribution is 5.76. The molecule has 0 saturated heterocycles. The number of aryl methyl sites for hydroxylation is 1. The molecule has 0 atom stereocenters. The molecule has 78 valence electrons. The molecule has 0 bridgehead atoms. The largest absolute Gasteiger partial charge is 0.477 e. The molecule has 0 spiro atoms. The van der Waals surface area contributed by atoms with Gasteiger partial charge in [0.2, 0.25) is 5.88 Å².